The van der Waals surface area contributed by atoms with Crippen molar-refractivity contribution in [3.05, 3.63) is 49.1 Å². The maximum Gasteiger partial charge on any atom is 0.224 e. The van der Waals surface area contributed by atoms with Gasteiger partial charge < -0.3 is 4.90 Å². The van der Waals surface area contributed by atoms with E-state index in [0.717, 1.165) is 16.8 Å². The molecular weight excluding hydrogens is 198 g/mol. The highest BCUT2D eigenvalue weighted by atomic mass is 16.2. The van der Waals surface area contributed by atoms with E-state index in [1.807, 2.05) is 31.2 Å². The van der Waals surface area contributed by atoms with E-state index in [-0.39, 0.29) is 5.91 Å². The Kier molecular flexibility index (Phi) is 4.06. The second-order valence-electron chi connectivity index (χ2n) is 3.72. The summed E-state index contributed by atoms with van der Waals surface area (Å²) in [5.41, 5.74) is 2.84. The van der Waals surface area contributed by atoms with Crippen LogP contribution in [0.2, 0.25) is 0 Å². The van der Waals surface area contributed by atoms with E-state index in [0.29, 0.717) is 6.54 Å². The molecule has 0 unspecified atom stereocenters. The maximum absolute atomic E-state index is 11.6. The summed E-state index contributed by atoms with van der Waals surface area (Å²) < 4.78 is 0. The number of rotatable bonds is 4. The quantitative estimate of drug-likeness (QED) is 0.706. The highest BCUT2D eigenvalue weighted by Crippen LogP contribution is 2.25. The predicted octanol–water partition coefficient (Wildman–Crippen LogP) is 3.26. The van der Waals surface area contributed by atoms with E-state index in [1.54, 1.807) is 17.9 Å². The molecule has 0 saturated heterocycles. The van der Waals surface area contributed by atoms with Gasteiger partial charge in [0.1, 0.15) is 0 Å². The van der Waals surface area contributed by atoms with Crippen LogP contribution in [0.1, 0.15) is 19.4 Å². The minimum Gasteiger partial charge on any atom is -0.308 e. The fourth-order valence-corrected chi connectivity index (χ4v) is 1.60. The summed E-state index contributed by atoms with van der Waals surface area (Å²) >= 11 is 0. The number of nitrogens with zero attached hydrogens (tertiary/aromatic N) is 1. The van der Waals surface area contributed by atoms with Gasteiger partial charge in [0.05, 0.1) is 5.69 Å². The molecule has 0 bridgehead atoms. The average molecular weight is 215 g/mol. The second-order valence-corrected chi connectivity index (χ2v) is 3.72. The lowest BCUT2D eigenvalue weighted by molar-refractivity contribution is -0.116. The van der Waals surface area contributed by atoms with Crippen molar-refractivity contribution in [3.8, 4) is 0 Å². The SMILES string of the molecule is C=CCN(C(C)=O)c1ccccc1C(=C)C. The first-order valence-corrected chi connectivity index (χ1v) is 5.21. The lowest BCUT2D eigenvalue weighted by atomic mass is 10.1. The van der Waals surface area contributed by atoms with Crippen molar-refractivity contribution in [1.82, 2.24) is 0 Å². The standard InChI is InChI=1S/C14H17NO/c1-5-10-15(12(4)16)14-9-7-6-8-13(14)11(2)3/h5-9H,1-2,10H2,3-4H3. The van der Waals surface area contributed by atoms with Crippen LogP contribution in [0.25, 0.3) is 5.57 Å². The molecule has 0 heterocycles. The Morgan fingerprint density at radius 2 is 2.00 bits per heavy atom. The molecule has 0 fully saturated rings. The molecule has 1 amide bonds. The number of benzene rings is 1. The van der Waals surface area contributed by atoms with Crippen molar-refractivity contribution < 1.29 is 4.79 Å². The Labute approximate surface area is 96.9 Å². The number of para-hydroxylation sites is 1. The molecule has 84 valence electrons. The molecule has 0 N–H and O–H groups in total. The number of carbonyl (C=O) groups is 1. The fourth-order valence-electron chi connectivity index (χ4n) is 1.60. The molecule has 0 saturated carbocycles. The molecule has 0 aliphatic rings. The average Bonchev–Trinajstić information content (AvgIpc) is 2.25. The van der Waals surface area contributed by atoms with Crippen LogP contribution in [0.4, 0.5) is 5.69 Å². The number of anilines is 1. The largest absolute Gasteiger partial charge is 0.308 e. The Hall–Kier alpha value is -1.83. The molecule has 16 heavy (non-hydrogen) atoms. The highest BCUT2D eigenvalue weighted by molar-refractivity contribution is 5.95. The topological polar surface area (TPSA) is 20.3 Å². The van der Waals surface area contributed by atoms with Gasteiger partial charge >= 0.3 is 0 Å². The maximum atomic E-state index is 11.6. The van der Waals surface area contributed by atoms with Crippen molar-refractivity contribution in [2.75, 3.05) is 11.4 Å². The van der Waals surface area contributed by atoms with Crippen LogP contribution in [0.3, 0.4) is 0 Å². The molecule has 1 aromatic carbocycles. The van der Waals surface area contributed by atoms with Gasteiger partial charge in [0.2, 0.25) is 5.91 Å². The van der Waals surface area contributed by atoms with Crippen molar-refractivity contribution in [2.24, 2.45) is 0 Å². The molecule has 0 radical (unpaired) electrons. The molecule has 1 rings (SSSR count). The van der Waals surface area contributed by atoms with Crippen LogP contribution in [-0.4, -0.2) is 12.5 Å². The van der Waals surface area contributed by atoms with Crippen molar-refractivity contribution in [2.45, 2.75) is 13.8 Å². The predicted molar refractivity (Wildman–Crippen MR) is 69.4 cm³/mol. The van der Waals surface area contributed by atoms with Crippen LogP contribution in [-0.2, 0) is 4.79 Å². The third kappa shape index (κ3) is 2.60. The van der Waals surface area contributed by atoms with E-state index in [2.05, 4.69) is 13.2 Å². The first-order chi connectivity index (χ1) is 7.57. The van der Waals surface area contributed by atoms with Gasteiger partial charge in [0.25, 0.3) is 0 Å². The summed E-state index contributed by atoms with van der Waals surface area (Å²) in [6.07, 6.45) is 1.72. The highest BCUT2D eigenvalue weighted by Gasteiger charge is 2.13. The molecule has 2 heteroatoms. The molecule has 0 aromatic heterocycles. The van der Waals surface area contributed by atoms with E-state index < -0.39 is 0 Å². The zero-order valence-electron chi connectivity index (χ0n) is 9.86. The Morgan fingerprint density at radius 3 is 2.50 bits per heavy atom. The lowest BCUT2D eigenvalue weighted by Crippen LogP contribution is -2.29. The van der Waals surface area contributed by atoms with Crippen LogP contribution in [0, 0.1) is 0 Å². The first-order valence-electron chi connectivity index (χ1n) is 5.21. The Balaban J connectivity index is 3.22. The molecule has 0 aliphatic heterocycles. The molecule has 0 aliphatic carbocycles. The number of hydrogen-bond donors (Lipinski definition) is 0. The zero-order valence-corrected chi connectivity index (χ0v) is 9.86. The first kappa shape index (κ1) is 12.2. The van der Waals surface area contributed by atoms with E-state index in [4.69, 9.17) is 0 Å². The Morgan fingerprint density at radius 1 is 1.38 bits per heavy atom. The summed E-state index contributed by atoms with van der Waals surface area (Å²) in [5, 5.41) is 0. The summed E-state index contributed by atoms with van der Waals surface area (Å²) in [6, 6.07) is 7.76. The monoisotopic (exact) mass is 215 g/mol. The zero-order chi connectivity index (χ0) is 12.1. The summed E-state index contributed by atoms with van der Waals surface area (Å²) in [5.74, 6) is 0.00796. The van der Waals surface area contributed by atoms with Crippen LogP contribution in [0.5, 0.6) is 0 Å². The van der Waals surface area contributed by atoms with E-state index in [9.17, 15) is 4.79 Å². The fraction of sp³-hybridized carbons (Fsp3) is 0.214. The lowest BCUT2D eigenvalue weighted by Gasteiger charge is -2.22. The molecule has 0 atom stereocenters. The molecule has 1 aromatic rings. The van der Waals surface area contributed by atoms with Crippen molar-refractivity contribution in [1.29, 1.82) is 0 Å². The number of hydrogen-bond acceptors (Lipinski definition) is 1. The van der Waals surface area contributed by atoms with Gasteiger partial charge in [-0.25, -0.2) is 0 Å². The number of allylic oxidation sites excluding steroid dienone is 1. The van der Waals surface area contributed by atoms with Gasteiger partial charge in [-0.05, 0) is 18.6 Å². The second kappa shape index (κ2) is 5.31. The van der Waals surface area contributed by atoms with Gasteiger partial charge in [0, 0.05) is 19.0 Å². The molecule has 0 spiro atoms. The van der Waals surface area contributed by atoms with Gasteiger partial charge in [-0.3, -0.25) is 4.79 Å². The summed E-state index contributed by atoms with van der Waals surface area (Å²) in [7, 11) is 0. The molecular formula is C14H17NO. The third-order valence-electron chi connectivity index (χ3n) is 2.35. The van der Waals surface area contributed by atoms with Crippen molar-refractivity contribution >= 4 is 17.2 Å². The van der Waals surface area contributed by atoms with Gasteiger partial charge in [-0.15, -0.1) is 6.58 Å². The minimum absolute atomic E-state index is 0.00796. The van der Waals surface area contributed by atoms with Gasteiger partial charge in [0.15, 0.2) is 0 Å². The van der Waals surface area contributed by atoms with E-state index >= 15 is 0 Å². The molecule has 2 nitrogen and oxygen atoms in total. The van der Waals surface area contributed by atoms with Gasteiger partial charge in [-0.1, -0.05) is 30.9 Å². The van der Waals surface area contributed by atoms with Crippen LogP contribution >= 0.6 is 0 Å². The summed E-state index contributed by atoms with van der Waals surface area (Å²) in [4.78, 5) is 13.2. The van der Waals surface area contributed by atoms with Crippen LogP contribution < -0.4 is 4.90 Å². The van der Waals surface area contributed by atoms with Gasteiger partial charge in [-0.2, -0.15) is 0 Å². The smallest absolute Gasteiger partial charge is 0.224 e. The van der Waals surface area contributed by atoms with E-state index in [1.165, 1.54) is 0 Å². The number of carbonyl (C=O) groups excluding carboxylic acids is 1. The third-order valence-corrected chi connectivity index (χ3v) is 2.35. The Bertz CT molecular complexity index is 420. The van der Waals surface area contributed by atoms with Crippen LogP contribution in [0.15, 0.2) is 43.5 Å². The minimum atomic E-state index is 0.00796. The summed E-state index contributed by atoms with van der Waals surface area (Å²) in [6.45, 7) is 11.6. The normalized spacial score (nSPS) is 9.62. The number of amides is 1. The van der Waals surface area contributed by atoms with Crippen molar-refractivity contribution in [3.63, 3.8) is 0 Å².